The maximum Gasteiger partial charge on any atom is 0.333 e. The summed E-state index contributed by atoms with van der Waals surface area (Å²) in [6.45, 7) is 0.424. The number of aromatic nitrogens is 1. The summed E-state index contributed by atoms with van der Waals surface area (Å²) in [5.41, 5.74) is 2.40. The number of fused-ring (bicyclic) bond motifs is 1. The summed E-state index contributed by atoms with van der Waals surface area (Å²) in [5, 5.41) is 2.95. The average Bonchev–Trinajstić information content (AvgIpc) is 3.23. The molecule has 25 heavy (non-hydrogen) atoms. The Morgan fingerprint density at radius 2 is 1.60 bits per heavy atom. The fraction of sp³-hybridized carbons (Fsp3) is 0.100. The molecule has 2 amide bonds. The fourth-order valence-electron chi connectivity index (χ4n) is 3.13. The van der Waals surface area contributed by atoms with Crippen LogP contribution in [0.3, 0.4) is 0 Å². The van der Waals surface area contributed by atoms with Gasteiger partial charge in [-0.3, -0.25) is 14.3 Å². The Bertz CT molecular complexity index is 903. The SMILES string of the molecule is O=C(NCc1ccccc1)C1c2cccn2C(=O)N1c1ccccc1. The first kappa shape index (κ1) is 15.2. The second-order valence-corrected chi connectivity index (χ2v) is 5.90. The topological polar surface area (TPSA) is 54.3 Å². The number of anilines is 1. The standard InChI is InChI=1S/C20H17N3O2/c24-19(21-14-15-8-3-1-4-9-15)18-17-12-7-13-22(17)20(25)23(18)16-10-5-2-6-11-16/h1-13,18H,14H2,(H,21,24). The van der Waals surface area contributed by atoms with Gasteiger partial charge in [-0.05, 0) is 29.8 Å². The van der Waals surface area contributed by atoms with Crippen molar-refractivity contribution in [1.82, 2.24) is 9.88 Å². The van der Waals surface area contributed by atoms with Gasteiger partial charge in [0.2, 0.25) is 5.91 Å². The normalized spacial score (nSPS) is 15.9. The van der Waals surface area contributed by atoms with Crippen molar-refractivity contribution in [3.05, 3.63) is 90.3 Å². The first-order chi connectivity index (χ1) is 12.3. The number of para-hydroxylation sites is 1. The highest BCUT2D eigenvalue weighted by Crippen LogP contribution is 2.34. The molecule has 2 aromatic carbocycles. The van der Waals surface area contributed by atoms with Crippen molar-refractivity contribution >= 4 is 17.6 Å². The Labute approximate surface area is 145 Å². The van der Waals surface area contributed by atoms with Crippen LogP contribution in [0.1, 0.15) is 17.3 Å². The smallest absolute Gasteiger partial charge is 0.333 e. The summed E-state index contributed by atoms with van der Waals surface area (Å²) in [6.07, 6.45) is 1.69. The zero-order valence-corrected chi connectivity index (χ0v) is 13.5. The van der Waals surface area contributed by atoms with Gasteiger partial charge in [-0.15, -0.1) is 0 Å². The molecule has 1 aliphatic rings. The Morgan fingerprint density at radius 3 is 2.32 bits per heavy atom. The molecule has 1 atom stereocenters. The van der Waals surface area contributed by atoms with Crippen molar-refractivity contribution in [2.24, 2.45) is 0 Å². The largest absolute Gasteiger partial charge is 0.350 e. The van der Waals surface area contributed by atoms with Gasteiger partial charge in [-0.25, -0.2) is 4.79 Å². The van der Waals surface area contributed by atoms with E-state index in [-0.39, 0.29) is 11.9 Å². The van der Waals surface area contributed by atoms with E-state index in [9.17, 15) is 9.59 Å². The molecule has 3 aromatic rings. The quantitative estimate of drug-likeness (QED) is 0.797. The maximum atomic E-state index is 12.9. The maximum absolute atomic E-state index is 12.9. The number of carbonyl (C=O) groups is 2. The van der Waals surface area contributed by atoms with Crippen molar-refractivity contribution < 1.29 is 9.59 Å². The van der Waals surface area contributed by atoms with Crippen LogP contribution < -0.4 is 10.2 Å². The number of nitrogens with zero attached hydrogens (tertiary/aromatic N) is 2. The number of nitrogens with one attached hydrogen (secondary N) is 1. The van der Waals surface area contributed by atoms with Crippen molar-refractivity contribution in [1.29, 1.82) is 0 Å². The first-order valence-corrected chi connectivity index (χ1v) is 8.13. The fourth-order valence-corrected chi connectivity index (χ4v) is 3.13. The summed E-state index contributed by atoms with van der Waals surface area (Å²) in [5.74, 6) is -0.196. The molecule has 0 spiro atoms. The highest BCUT2D eigenvalue weighted by Gasteiger charge is 2.41. The number of amides is 2. The zero-order chi connectivity index (χ0) is 17.2. The molecule has 124 valence electrons. The van der Waals surface area contributed by atoms with Crippen LogP contribution in [0.5, 0.6) is 0 Å². The van der Waals surface area contributed by atoms with Crippen molar-refractivity contribution in [3.63, 3.8) is 0 Å². The molecule has 0 fully saturated rings. The minimum absolute atomic E-state index is 0.196. The minimum Gasteiger partial charge on any atom is -0.350 e. The minimum atomic E-state index is -0.673. The third kappa shape index (κ3) is 2.70. The van der Waals surface area contributed by atoms with E-state index >= 15 is 0 Å². The van der Waals surface area contributed by atoms with E-state index in [4.69, 9.17) is 0 Å². The predicted octanol–water partition coefficient (Wildman–Crippen LogP) is 3.33. The number of hydrogen-bond acceptors (Lipinski definition) is 2. The molecule has 1 aromatic heterocycles. The lowest BCUT2D eigenvalue weighted by molar-refractivity contribution is -0.122. The summed E-state index contributed by atoms with van der Waals surface area (Å²) < 4.78 is 1.53. The van der Waals surface area contributed by atoms with Gasteiger partial charge >= 0.3 is 6.03 Å². The highest BCUT2D eigenvalue weighted by atomic mass is 16.2. The molecule has 1 aliphatic heterocycles. The molecular weight excluding hydrogens is 314 g/mol. The molecule has 1 N–H and O–H groups in total. The highest BCUT2D eigenvalue weighted by molar-refractivity contribution is 6.05. The van der Waals surface area contributed by atoms with Gasteiger partial charge in [0.25, 0.3) is 0 Å². The van der Waals surface area contributed by atoms with Crippen LogP contribution in [0.4, 0.5) is 10.5 Å². The Kier molecular flexibility index (Phi) is 3.82. The van der Waals surface area contributed by atoms with Gasteiger partial charge in [0.05, 0.1) is 5.69 Å². The van der Waals surface area contributed by atoms with E-state index in [1.807, 2.05) is 66.7 Å². The second kappa shape index (κ2) is 6.28. The van der Waals surface area contributed by atoms with Crippen molar-refractivity contribution in [2.75, 3.05) is 4.90 Å². The predicted molar refractivity (Wildman–Crippen MR) is 95.2 cm³/mol. The van der Waals surface area contributed by atoms with Gasteiger partial charge in [0.15, 0.2) is 6.04 Å². The third-order valence-corrected chi connectivity index (χ3v) is 4.32. The van der Waals surface area contributed by atoms with Gasteiger partial charge < -0.3 is 5.32 Å². The molecule has 4 rings (SSSR count). The van der Waals surface area contributed by atoms with Crippen molar-refractivity contribution in [3.8, 4) is 0 Å². The molecule has 1 unspecified atom stereocenters. The summed E-state index contributed by atoms with van der Waals surface area (Å²) >= 11 is 0. The molecule has 0 aliphatic carbocycles. The van der Waals surface area contributed by atoms with E-state index in [1.165, 1.54) is 9.47 Å². The molecule has 5 heteroatoms. The van der Waals surface area contributed by atoms with Crippen LogP contribution in [0.25, 0.3) is 0 Å². The third-order valence-electron chi connectivity index (χ3n) is 4.32. The second-order valence-electron chi connectivity index (χ2n) is 5.90. The van der Waals surface area contributed by atoms with E-state index in [0.717, 1.165) is 5.56 Å². The van der Waals surface area contributed by atoms with E-state index in [2.05, 4.69) is 5.32 Å². The van der Waals surface area contributed by atoms with Gasteiger partial charge in [-0.2, -0.15) is 0 Å². The van der Waals surface area contributed by atoms with Crippen molar-refractivity contribution in [2.45, 2.75) is 12.6 Å². The van der Waals surface area contributed by atoms with Crippen LogP contribution in [-0.2, 0) is 11.3 Å². The Hall–Kier alpha value is -3.34. The molecular formula is C20H17N3O2. The van der Waals surface area contributed by atoms with Gasteiger partial charge in [-0.1, -0.05) is 48.5 Å². The van der Waals surface area contributed by atoms with E-state index in [0.29, 0.717) is 17.9 Å². The van der Waals surface area contributed by atoms with Crippen LogP contribution >= 0.6 is 0 Å². The Balaban J connectivity index is 1.63. The monoisotopic (exact) mass is 331 g/mol. The average molecular weight is 331 g/mol. The van der Waals surface area contributed by atoms with E-state index in [1.54, 1.807) is 12.3 Å². The summed E-state index contributed by atoms with van der Waals surface area (Å²) in [7, 11) is 0. The first-order valence-electron chi connectivity index (χ1n) is 8.13. The molecule has 0 saturated heterocycles. The number of carbonyl (C=O) groups excluding carboxylic acids is 2. The van der Waals surface area contributed by atoms with E-state index < -0.39 is 6.04 Å². The van der Waals surface area contributed by atoms with Crippen LogP contribution in [0.15, 0.2) is 79.0 Å². The lowest BCUT2D eigenvalue weighted by atomic mass is 10.1. The van der Waals surface area contributed by atoms with Crippen LogP contribution in [-0.4, -0.2) is 16.5 Å². The van der Waals surface area contributed by atoms with Gasteiger partial charge in [0.1, 0.15) is 0 Å². The van der Waals surface area contributed by atoms with Gasteiger partial charge in [0, 0.05) is 18.4 Å². The zero-order valence-electron chi connectivity index (χ0n) is 13.5. The molecule has 0 saturated carbocycles. The molecule has 2 heterocycles. The number of hydrogen-bond donors (Lipinski definition) is 1. The summed E-state index contributed by atoms with van der Waals surface area (Å²) in [6, 6.07) is 21.7. The molecule has 5 nitrogen and oxygen atoms in total. The lowest BCUT2D eigenvalue weighted by Gasteiger charge is -2.23. The van der Waals surface area contributed by atoms with Crippen LogP contribution in [0.2, 0.25) is 0 Å². The lowest BCUT2D eigenvalue weighted by Crippen LogP contribution is -2.39. The molecule has 0 bridgehead atoms. The Morgan fingerprint density at radius 1 is 0.920 bits per heavy atom. The molecule has 0 radical (unpaired) electrons. The summed E-state index contributed by atoms with van der Waals surface area (Å²) in [4.78, 5) is 27.2. The van der Waals surface area contributed by atoms with Crippen LogP contribution in [0, 0.1) is 0 Å². The number of benzene rings is 2. The number of rotatable bonds is 4.